The Morgan fingerprint density at radius 1 is 0.442 bits per heavy atom. The zero-order valence-electron chi connectivity index (χ0n) is 47.7. The normalized spacial score (nSPS) is 15.7. The minimum Gasteiger partial charge on any atom is -0.391 e. The van der Waals surface area contributed by atoms with Crippen LogP contribution in [0.2, 0.25) is 0 Å². The van der Waals surface area contributed by atoms with Gasteiger partial charge in [0.1, 0.15) is 54.4 Å². The van der Waals surface area contributed by atoms with Crippen molar-refractivity contribution in [2.24, 2.45) is 63.3 Å². The van der Waals surface area contributed by atoms with Crippen molar-refractivity contribution in [1.29, 1.82) is 0 Å². The number of aliphatic hydroxyl groups excluding tert-OH is 1. The fourth-order valence-corrected chi connectivity index (χ4v) is 7.97. The van der Waals surface area contributed by atoms with Gasteiger partial charge in [0.2, 0.25) is 59.1 Å². The van der Waals surface area contributed by atoms with E-state index in [0.717, 1.165) is 0 Å². The van der Waals surface area contributed by atoms with E-state index in [1.54, 1.807) is 13.8 Å². The van der Waals surface area contributed by atoms with Crippen LogP contribution in [0.15, 0.2) is 4.99 Å². The van der Waals surface area contributed by atoms with E-state index in [1.165, 1.54) is 13.8 Å². The molecule has 0 heterocycles. The Kier molecular flexibility index (Phi) is 33.9. The van der Waals surface area contributed by atoms with Gasteiger partial charge in [0.05, 0.1) is 12.6 Å². The Labute approximate surface area is 455 Å². The van der Waals surface area contributed by atoms with E-state index >= 15 is 0 Å². The molecule has 0 bridgehead atoms. The molecule has 0 aromatic rings. The number of nitrogens with zero attached hydrogens (tertiary/aromatic N) is 1. The largest absolute Gasteiger partial charge is 0.391 e. The topological polar surface area (TPSA) is 442 Å². The summed E-state index contributed by atoms with van der Waals surface area (Å²) in [6.45, 7) is 20.7. The summed E-state index contributed by atoms with van der Waals surface area (Å²) in [5, 5.41) is 34.3. The molecular weight excluding hydrogens is 999 g/mol. The van der Waals surface area contributed by atoms with Gasteiger partial charge in [0.25, 0.3) is 0 Å². The number of aliphatic hydroxyl groups is 1. The van der Waals surface area contributed by atoms with Gasteiger partial charge in [-0.25, -0.2) is 0 Å². The molecule has 0 aliphatic heterocycles. The molecule has 0 fully saturated rings. The molecule has 442 valence electrons. The molecule has 0 rings (SSSR count). The highest BCUT2D eigenvalue weighted by Crippen LogP contribution is 2.14. The zero-order chi connectivity index (χ0) is 59.3. The molecule has 0 radical (unpaired) electrons. The highest BCUT2D eigenvalue weighted by Gasteiger charge is 2.37. The summed E-state index contributed by atoms with van der Waals surface area (Å²) in [4.78, 5) is 139. The highest BCUT2D eigenvalue weighted by atomic mass is 16.3. The van der Waals surface area contributed by atoms with Crippen molar-refractivity contribution in [1.82, 2.24) is 47.9 Å². The van der Waals surface area contributed by atoms with Gasteiger partial charge in [0.15, 0.2) is 5.96 Å². The first-order valence-corrected chi connectivity index (χ1v) is 27.0. The number of amides is 10. The van der Waals surface area contributed by atoms with E-state index in [0.29, 0.717) is 19.3 Å². The smallest absolute Gasteiger partial charge is 0.245 e. The molecule has 26 heteroatoms. The second kappa shape index (κ2) is 36.8. The predicted molar refractivity (Wildman–Crippen MR) is 293 cm³/mol. The molecule has 0 saturated carbocycles. The molecule has 0 aromatic heterocycles. The molecule has 0 aliphatic carbocycles. The number of hydrogen-bond acceptors (Lipinski definition) is 14. The number of carbonyl (C=O) groups is 10. The number of unbranched alkanes of at least 4 members (excludes halogenated alkanes) is 1. The molecule has 20 N–H and O–H groups in total. The van der Waals surface area contributed by atoms with Crippen molar-refractivity contribution in [3.63, 3.8) is 0 Å². The maximum Gasteiger partial charge on any atom is 0.245 e. The van der Waals surface area contributed by atoms with E-state index in [9.17, 15) is 53.1 Å². The minimum atomic E-state index is -1.61. The van der Waals surface area contributed by atoms with Crippen LogP contribution in [0.4, 0.5) is 0 Å². The van der Waals surface area contributed by atoms with Crippen LogP contribution < -0.4 is 76.5 Å². The third kappa shape index (κ3) is 28.7. The fraction of sp³-hybridized carbons (Fsp3) is 0.784. The number of hydrogen-bond donors (Lipinski definition) is 15. The maximum atomic E-state index is 14.3. The highest BCUT2D eigenvalue weighted by molar-refractivity contribution is 5.98. The molecule has 0 aromatic carbocycles. The SMILES string of the molecule is CC[C@H](C)[C@H](NC(=O)[C@H](CCCN=C(N)N)NC(=O)[C@H](CCCCN)NC(=O)[C@H](CC(C)C)NC(=O)[C@H](CC(C)C)NC(=O)CN)C(=O)N[C@@H](C)C(=O)N[C@H](C(=O)N[C@@H](CC(C)C)C(=O)N[C@@H](CC(C)C)C(N)=O)[C@@H](C)O. The Morgan fingerprint density at radius 3 is 1.23 bits per heavy atom. The molecule has 0 saturated heterocycles. The molecule has 0 spiro atoms. The van der Waals surface area contributed by atoms with Gasteiger partial charge in [-0.3, -0.25) is 52.9 Å². The Morgan fingerprint density at radius 2 is 0.818 bits per heavy atom. The summed E-state index contributed by atoms with van der Waals surface area (Å²) < 4.78 is 0. The first-order chi connectivity index (χ1) is 35.9. The van der Waals surface area contributed by atoms with Crippen LogP contribution in [-0.2, 0) is 47.9 Å². The van der Waals surface area contributed by atoms with Crippen molar-refractivity contribution in [3.8, 4) is 0 Å². The molecule has 77 heavy (non-hydrogen) atoms. The third-order valence-electron chi connectivity index (χ3n) is 12.4. The van der Waals surface area contributed by atoms with E-state index < -0.39 is 125 Å². The Hall–Kier alpha value is -6.15. The van der Waals surface area contributed by atoms with Crippen LogP contribution in [0.25, 0.3) is 0 Å². The number of nitrogens with two attached hydrogens (primary N) is 5. The number of primary amides is 1. The number of guanidine groups is 1. The van der Waals surface area contributed by atoms with Crippen molar-refractivity contribution < 1.29 is 53.1 Å². The lowest BCUT2D eigenvalue weighted by atomic mass is 9.97. The van der Waals surface area contributed by atoms with Crippen molar-refractivity contribution in [3.05, 3.63) is 0 Å². The number of nitrogens with one attached hydrogen (secondary N) is 9. The van der Waals surface area contributed by atoms with Crippen LogP contribution in [0.1, 0.15) is 147 Å². The Bertz CT molecular complexity index is 1950. The summed E-state index contributed by atoms with van der Waals surface area (Å²) in [7, 11) is 0. The first kappa shape index (κ1) is 70.8. The number of carbonyl (C=O) groups excluding carboxylic acids is 10. The van der Waals surface area contributed by atoms with E-state index in [1.807, 2.05) is 55.4 Å². The predicted octanol–water partition coefficient (Wildman–Crippen LogP) is -2.39. The molecule has 26 nitrogen and oxygen atoms in total. The Balaban J connectivity index is 6.69. The van der Waals surface area contributed by atoms with E-state index in [-0.39, 0.29) is 94.2 Å². The van der Waals surface area contributed by atoms with Gasteiger partial charge >= 0.3 is 0 Å². The lowest BCUT2D eigenvalue weighted by molar-refractivity contribution is -0.137. The molecule has 0 unspecified atom stereocenters. The van der Waals surface area contributed by atoms with Crippen LogP contribution in [0.5, 0.6) is 0 Å². The summed E-state index contributed by atoms with van der Waals surface area (Å²) in [6.07, 6.45) is 0.750. The molecule has 11 atom stereocenters. The maximum absolute atomic E-state index is 14.3. The molecule has 10 amide bonds. The van der Waals surface area contributed by atoms with Gasteiger partial charge in [-0.1, -0.05) is 75.7 Å². The van der Waals surface area contributed by atoms with Gasteiger partial charge in [-0.2, -0.15) is 0 Å². The van der Waals surface area contributed by atoms with Crippen LogP contribution >= 0.6 is 0 Å². The van der Waals surface area contributed by atoms with Gasteiger partial charge in [-0.05, 0) is 108 Å². The molecule has 0 aliphatic rings. The summed E-state index contributed by atoms with van der Waals surface area (Å²) in [5.41, 5.74) is 27.9. The monoisotopic (exact) mass is 1100 g/mol. The summed E-state index contributed by atoms with van der Waals surface area (Å²) in [6, 6.07) is -11.1. The van der Waals surface area contributed by atoms with E-state index in [4.69, 9.17) is 28.7 Å². The van der Waals surface area contributed by atoms with Crippen molar-refractivity contribution >= 4 is 65.0 Å². The molecular formula is C51H97N15O11. The lowest BCUT2D eigenvalue weighted by Gasteiger charge is -2.30. The van der Waals surface area contributed by atoms with Crippen LogP contribution in [-0.4, -0.2) is 150 Å². The quantitative estimate of drug-likeness (QED) is 0.0174. The lowest BCUT2D eigenvalue weighted by Crippen LogP contribution is -2.62. The minimum absolute atomic E-state index is 0.00334. The standard InChI is InChI=1S/C51H97N15O11/c1-13-30(10)40(49(76)58-31(11)43(70)66-41(32(12)67)50(77)64-38(24-29(8)9)48(75)62-35(42(54)69)21-26(2)3)65-45(72)34(18-16-20-57-51(55)56)60-44(71)33(17-14-15-19-52)61-47(74)37(23-28(6)7)63-46(73)36(22-27(4)5)59-39(68)25-53/h26-38,40-41,67H,13-25,52-53H2,1-12H3,(H2,54,69)(H,58,76)(H,59,68)(H,60,71)(H,61,74)(H,62,75)(H,63,73)(H,64,77)(H,65,72)(H,66,70)(H4,55,56,57)/t30-,31-,32+,33-,34-,35-,36-,37-,38-,40-,41-/m0/s1. The van der Waals surface area contributed by atoms with Gasteiger partial charge in [0, 0.05) is 6.54 Å². The van der Waals surface area contributed by atoms with E-state index in [2.05, 4.69) is 52.8 Å². The van der Waals surface area contributed by atoms with Gasteiger partial charge in [-0.15, -0.1) is 0 Å². The van der Waals surface area contributed by atoms with Crippen molar-refractivity contribution in [2.45, 2.75) is 208 Å². The average Bonchev–Trinajstić information content (AvgIpc) is 3.32. The second-order valence-electron chi connectivity index (χ2n) is 21.6. The average molecular weight is 1100 g/mol. The summed E-state index contributed by atoms with van der Waals surface area (Å²) >= 11 is 0. The zero-order valence-corrected chi connectivity index (χ0v) is 47.7. The third-order valence-corrected chi connectivity index (χ3v) is 12.4. The van der Waals surface area contributed by atoms with Crippen molar-refractivity contribution in [2.75, 3.05) is 19.6 Å². The van der Waals surface area contributed by atoms with Crippen LogP contribution in [0, 0.1) is 29.6 Å². The number of rotatable bonds is 38. The second-order valence-corrected chi connectivity index (χ2v) is 21.6. The summed E-state index contributed by atoms with van der Waals surface area (Å²) in [5.74, 6) is -8.48. The fourth-order valence-electron chi connectivity index (χ4n) is 7.97. The number of aliphatic imine (C=N–C) groups is 1. The van der Waals surface area contributed by atoms with Crippen LogP contribution in [0.3, 0.4) is 0 Å². The first-order valence-electron chi connectivity index (χ1n) is 27.0. The van der Waals surface area contributed by atoms with Gasteiger partial charge < -0.3 is 81.6 Å².